The Hall–Kier alpha value is -3.83. The first-order valence-electron chi connectivity index (χ1n) is 9.40. The number of nitrogens with zero attached hydrogens (tertiary/aromatic N) is 2. The van der Waals surface area contributed by atoms with Gasteiger partial charge in [-0.2, -0.15) is 5.26 Å². The first-order valence-corrected chi connectivity index (χ1v) is 9.80. The minimum atomic E-state index is -0.601. The third-order valence-electron chi connectivity index (χ3n) is 4.45. The molecule has 6 nitrogen and oxygen atoms in total. The summed E-state index contributed by atoms with van der Waals surface area (Å²) in [6.07, 6.45) is 0.611. The number of halogens is 1. The van der Waals surface area contributed by atoms with Crippen LogP contribution in [0.5, 0.6) is 0 Å². The Morgan fingerprint density at radius 3 is 2.32 bits per heavy atom. The predicted octanol–water partition coefficient (Wildman–Crippen LogP) is 4.55. The van der Waals surface area contributed by atoms with Crippen molar-refractivity contribution in [1.82, 2.24) is 5.32 Å². The number of hydrogen-bond acceptors (Lipinski definition) is 4. The molecule has 0 unspecified atom stereocenters. The minimum absolute atomic E-state index is 0.0518. The Bertz CT molecular complexity index is 1110. The van der Waals surface area contributed by atoms with E-state index in [1.165, 1.54) is 18.2 Å². The third-order valence-corrected chi connectivity index (χ3v) is 4.87. The van der Waals surface area contributed by atoms with Crippen molar-refractivity contribution in [2.45, 2.75) is 6.42 Å². The van der Waals surface area contributed by atoms with Gasteiger partial charge in [0.25, 0.3) is 5.91 Å². The van der Waals surface area contributed by atoms with E-state index in [4.69, 9.17) is 5.26 Å². The zero-order chi connectivity index (χ0) is 22.2. The number of hydrogen-bond donors (Lipinski definition) is 3. The first kappa shape index (κ1) is 21.9. The molecule has 0 bridgehead atoms. The van der Waals surface area contributed by atoms with Crippen molar-refractivity contribution in [3.8, 4) is 6.07 Å². The van der Waals surface area contributed by atoms with E-state index in [1.54, 1.807) is 42.5 Å². The van der Waals surface area contributed by atoms with E-state index in [2.05, 4.69) is 29.5 Å². The summed E-state index contributed by atoms with van der Waals surface area (Å²) in [5.41, 5.74) is 2.50. The van der Waals surface area contributed by atoms with E-state index >= 15 is 0 Å². The molecule has 0 fully saturated rings. The molecule has 156 valence electrons. The van der Waals surface area contributed by atoms with E-state index in [1.807, 2.05) is 12.1 Å². The number of nitriles is 1. The van der Waals surface area contributed by atoms with Crippen molar-refractivity contribution in [1.29, 1.82) is 5.26 Å². The molecule has 3 aromatic rings. The molecule has 3 aromatic carbocycles. The normalized spacial score (nSPS) is 10.1. The van der Waals surface area contributed by atoms with Gasteiger partial charge in [-0.25, -0.2) is 13.5 Å². The summed E-state index contributed by atoms with van der Waals surface area (Å²) in [5, 5.41) is 14.2. The molecule has 0 aliphatic rings. The number of benzene rings is 3. The number of anilines is 2. The molecular weight excluding hydrogens is 415 g/mol. The highest BCUT2D eigenvalue weighted by molar-refractivity contribution is 7.82. The Morgan fingerprint density at radius 2 is 1.68 bits per heavy atom. The molecular formula is C23H19FN4O2S. The van der Waals surface area contributed by atoms with Crippen LogP contribution in [0.3, 0.4) is 0 Å². The van der Waals surface area contributed by atoms with Gasteiger partial charge in [-0.05, 0) is 60.5 Å². The molecule has 0 saturated heterocycles. The summed E-state index contributed by atoms with van der Waals surface area (Å²) >= 11 is 4.22. The van der Waals surface area contributed by atoms with Gasteiger partial charge in [0.2, 0.25) is 0 Å². The van der Waals surface area contributed by atoms with E-state index in [-0.39, 0.29) is 5.56 Å². The SMILES string of the molecule is N#Cc1ccc(CCNC(=O)N(S)c2ccc(NC(=O)c3ccccc3F)cc2)cc1. The molecule has 0 radical (unpaired) electrons. The van der Waals surface area contributed by atoms with Gasteiger partial charge in [0.1, 0.15) is 5.82 Å². The first-order chi connectivity index (χ1) is 15.0. The summed E-state index contributed by atoms with van der Waals surface area (Å²) in [6.45, 7) is 0.401. The van der Waals surface area contributed by atoms with Crippen LogP contribution in [0.1, 0.15) is 21.5 Å². The lowest BCUT2D eigenvalue weighted by Crippen LogP contribution is -2.35. The topological polar surface area (TPSA) is 85.2 Å². The lowest BCUT2D eigenvalue weighted by atomic mass is 10.1. The number of urea groups is 1. The highest BCUT2D eigenvalue weighted by Crippen LogP contribution is 2.20. The van der Waals surface area contributed by atoms with Crippen molar-refractivity contribution in [3.63, 3.8) is 0 Å². The second kappa shape index (κ2) is 10.3. The van der Waals surface area contributed by atoms with Gasteiger partial charge >= 0.3 is 6.03 Å². The van der Waals surface area contributed by atoms with Crippen molar-refractivity contribution in [2.24, 2.45) is 0 Å². The van der Waals surface area contributed by atoms with Crippen LogP contribution in [-0.2, 0) is 6.42 Å². The smallest absolute Gasteiger partial charge is 0.331 e. The fourth-order valence-electron chi connectivity index (χ4n) is 2.78. The summed E-state index contributed by atoms with van der Waals surface area (Å²) in [5.74, 6) is -1.16. The van der Waals surface area contributed by atoms with Crippen molar-refractivity contribution in [3.05, 3.63) is 95.3 Å². The molecule has 31 heavy (non-hydrogen) atoms. The number of carbonyl (C=O) groups excluding carboxylic acids is 2. The van der Waals surface area contributed by atoms with E-state index < -0.39 is 17.8 Å². The number of nitrogens with one attached hydrogen (secondary N) is 2. The van der Waals surface area contributed by atoms with Gasteiger partial charge in [0.05, 0.1) is 22.9 Å². The average Bonchev–Trinajstić information content (AvgIpc) is 2.79. The zero-order valence-electron chi connectivity index (χ0n) is 16.4. The van der Waals surface area contributed by atoms with Crippen LogP contribution in [-0.4, -0.2) is 18.5 Å². The van der Waals surface area contributed by atoms with Gasteiger partial charge in [0, 0.05) is 12.2 Å². The van der Waals surface area contributed by atoms with Gasteiger partial charge in [0.15, 0.2) is 0 Å². The van der Waals surface area contributed by atoms with Crippen LogP contribution < -0.4 is 14.9 Å². The second-order valence-corrected chi connectivity index (χ2v) is 6.98. The Labute approximate surface area is 184 Å². The van der Waals surface area contributed by atoms with Crippen LogP contribution in [0, 0.1) is 17.1 Å². The number of carbonyl (C=O) groups is 2. The molecule has 0 saturated carbocycles. The second-order valence-electron chi connectivity index (χ2n) is 6.58. The zero-order valence-corrected chi connectivity index (χ0v) is 17.3. The van der Waals surface area contributed by atoms with Gasteiger partial charge in [-0.3, -0.25) is 4.79 Å². The maximum Gasteiger partial charge on any atom is 0.331 e. The average molecular weight is 434 g/mol. The molecule has 0 aliphatic carbocycles. The molecule has 0 aromatic heterocycles. The molecule has 0 spiro atoms. The summed E-state index contributed by atoms with van der Waals surface area (Å²) in [7, 11) is 0. The minimum Gasteiger partial charge on any atom is -0.337 e. The molecule has 0 heterocycles. The van der Waals surface area contributed by atoms with Crippen LogP contribution in [0.4, 0.5) is 20.6 Å². The number of amides is 3. The van der Waals surface area contributed by atoms with Crippen LogP contribution >= 0.6 is 12.8 Å². The molecule has 8 heteroatoms. The van der Waals surface area contributed by atoms with Gasteiger partial charge < -0.3 is 10.6 Å². The van der Waals surface area contributed by atoms with E-state index in [0.29, 0.717) is 29.9 Å². The van der Waals surface area contributed by atoms with Crippen molar-refractivity contribution < 1.29 is 14.0 Å². The predicted molar refractivity (Wildman–Crippen MR) is 121 cm³/mol. The molecule has 3 amide bonds. The van der Waals surface area contributed by atoms with Gasteiger partial charge in [-0.15, -0.1) is 0 Å². The molecule has 2 N–H and O–H groups in total. The summed E-state index contributed by atoms with van der Waals surface area (Å²) in [6, 6.07) is 20.9. The maximum absolute atomic E-state index is 13.7. The van der Waals surface area contributed by atoms with Crippen molar-refractivity contribution in [2.75, 3.05) is 16.2 Å². The standard InChI is InChI=1S/C23H19FN4O2S/c24-21-4-2-1-3-20(21)22(29)27-18-9-11-19(12-10-18)28(31)23(30)26-14-13-16-5-7-17(15-25)8-6-16/h1-12,31H,13-14H2,(H,26,30)(H,27,29). The maximum atomic E-state index is 13.7. The quantitative estimate of drug-likeness (QED) is 0.498. The molecule has 0 atom stereocenters. The fraction of sp³-hybridized carbons (Fsp3) is 0.0870. The van der Waals surface area contributed by atoms with Crippen molar-refractivity contribution >= 4 is 36.1 Å². The largest absolute Gasteiger partial charge is 0.337 e. The molecule has 3 rings (SSSR count). The monoisotopic (exact) mass is 434 g/mol. The van der Waals surface area contributed by atoms with Crippen LogP contribution in [0.2, 0.25) is 0 Å². The van der Waals surface area contributed by atoms with E-state index in [9.17, 15) is 14.0 Å². The fourth-order valence-corrected chi connectivity index (χ4v) is 2.99. The Balaban J connectivity index is 1.52. The third kappa shape index (κ3) is 5.84. The summed E-state index contributed by atoms with van der Waals surface area (Å²) in [4.78, 5) is 24.5. The lowest BCUT2D eigenvalue weighted by molar-refractivity contribution is 0.102. The molecule has 0 aliphatic heterocycles. The summed E-state index contributed by atoms with van der Waals surface area (Å²) < 4.78 is 14.9. The lowest BCUT2D eigenvalue weighted by Gasteiger charge is -2.17. The van der Waals surface area contributed by atoms with Gasteiger partial charge in [-0.1, -0.05) is 37.1 Å². The van der Waals surface area contributed by atoms with Crippen LogP contribution in [0.15, 0.2) is 72.8 Å². The highest BCUT2D eigenvalue weighted by atomic mass is 32.1. The Kier molecular flexibility index (Phi) is 7.25. The van der Waals surface area contributed by atoms with Crippen LogP contribution in [0.25, 0.3) is 0 Å². The number of rotatable bonds is 6. The van der Waals surface area contributed by atoms with E-state index in [0.717, 1.165) is 9.87 Å². The highest BCUT2D eigenvalue weighted by Gasteiger charge is 2.13. The number of thiol groups is 1. The Morgan fingerprint density at radius 1 is 1.00 bits per heavy atom.